The highest BCUT2D eigenvalue weighted by molar-refractivity contribution is 9.10. The minimum Gasteiger partial charge on any atom is -0.495 e. The van der Waals surface area contributed by atoms with Crippen molar-refractivity contribution in [1.82, 2.24) is 9.99 Å². The molecule has 2 aromatic carbocycles. The van der Waals surface area contributed by atoms with Crippen LogP contribution in [0.5, 0.6) is 5.75 Å². The third-order valence-electron chi connectivity index (χ3n) is 4.52. The van der Waals surface area contributed by atoms with E-state index < -0.39 is 11.8 Å². The molecule has 0 atom stereocenters. The van der Waals surface area contributed by atoms with Crippen LogP contribution < -0.4 is 15.5 Å². The van der Waals surface area contributed by atoms with Gasteiger partial charge in [0, 0.05) is 32.8 Å². The molecule has 0 spiro atoms. The predicted octanol–water partition coefficient (Wildman–Crippen LogP) is 4.61. The van der Waals surface area contributed by atoms with Crippen molar-refractivity contribution in [1.29, 1.82) is 0 Å². The lowest BCUT2D eigenvalue weighted by Crippen LogP contribution is -2.32. The molecule has 0 aliphatic rings. The highest BCUT2D eigenvalue weighted by Gasteiger charge is 2.14. The molecular weight excluding hydrogens is 484 g/mol. The Bertz CT molecular complexity index is 1170. The number of rotatable bonds is 5. The van der Waals surface area contributed by atoms with Crippen molar-refractivity contribution >= 4 is 51.2 Å². The largest absolute Gasteiger partial charge is 0.495 e. The van der Waals surface area contributed by atoms with Crippen LogP contribution in [0.15, 0.2) is 58.1 Å². The van der Waals surface area contributed by atoms with Gasteiger partial charge in [0.2, 0.25) is 0 Å². The summed E-state index contributed by atoms with van der Waals surface area (Å²) in [6, 6.07) is 14.4. The van der Waals surface area contributed by atoms with Gasteiger partial charge in [0.05, 0.1) is 18.3 Å². The molecular formula is C22H20BrClN4O3. The van der Waals surface area contributed by atoms with Crippen molar-refractivity contribution in [3.05, 3.63) is 75.0 Å². The van der Waals surface area contributed by atoms with Gasteiger partial charge in [-0.2, -0.15) is 5.10 Å². The lowest BCUT2D eigenvalue weighted by Gasteiger charge is -2.11. The van der Waals surface area contributed by atoms with E-state index in [0.717, 1.165) is 27.1 Å². The molecule has 0 saturated carbocycles. The van der Waals surface area contributed by atoms with Gasteiger partial charge in [0.1, 0.15) is 5.75 Å². The summed E-state index contributed by atoms with van der Waals surface area (Å²) in [7, 11) is 1.56. The van der Waals surface area contributed by atoms with Crippen LogP contribution in [-0.4, -0.2) is 29.7 Å². The molecule has 0 unspecified atom stereocenters. The van der Waals surface area contributed by atoms with Gasteiger partial charge >= 0.3 is 11.8 Å². The normalized spacial score (nSPS) is 10.9. The van der Waals surface area contributed by atoms with E-state index in [0.29, 0.717) is 16.5 Å². The van der Waals surface area contributed by atoms with Crippen LogP contribution in [0, 0.1) is 13.8 Å². The summed E-state index contributed by atoms with van der Waals surface area (Å²) in [5.74, 6) is -1.08. The number of aromatic nitrogens is 1. The van der Waals surface area contributed by atoms with E-state index in [9.17, 15) is 9.59 Å². The molecule has 7 nitrogen and oxygen atoms in total. The molecule has 0 bridgehead atoms. The van der Waals surface area contributed by atoms with Crippen LogP contribution >= 0.6 is 27.5 Å². The van der Waals surface area contributed by atoms with E-state index in [-0.39, 0.29) is 0 Å². The Hall–Kier alpha value is -3.10. The van der Waals surface area contributed by atoms with E-state index in [4.69, 9.17) is 16.3 Å². The molecule has 2 amide bonds. The number of halogens is 2. The number of carbonyl (C=O) groups excluding carboxylic acids is 2. The van der Waals surface area contributed by atoms with Gasteiger partial charge in [-0.3, -0.25) is 9.59 Å². The maximum atomic E-state index is 12.0. The molecule has 2 N–H and O–H groups in total. The monoisotopic (exact) mass is 502 g/mol. The first kappa shape index (κ1) is 22.6. The molecule has 0 aliphatic heterocycles. The maximum absolute atomic E-state index is 12.0. The zero-order chi connectivity index (χ0) is 22.5. The van der Waals surface area contributed by atoms with Crippen LogP contribution in [0.25, 0.3) is 5.69 Å². The SMILES string of the molecule is COc1ccc(-n2c(C)cc(/C=N\NC(=O)C(=O)Nc3cccc(Br)c3)c2C)cc1Cl. The van der Waals surface area contributed by atoms with Gasteiger partial charge in [-0.05, 0) is 56.3 Å². The van der Waals surface area contributed by atoms with Crippen LogP contribution in [0.1, 0.15) is 17.0 Å². The second-order valence-corrected chi connectivity index (χ2v) is 7.97. The summed E-state index contributed by atoms with van der Waals surface area (Å²) in [4.78, 5) is 24.0. The Morgan fingerprint density at radius 2 is 1.90 bits per heavy atom. The highest BCUT2D eigenvalue weighted by Crippen LogP contribution is 2.29. The van der Waals surface area contributed by atoms with Gasteiger partial charge in [-0.1, -0.05) is 33.6 Å². The van der Waals surface area contributed by atoms with E-state index in [2.05, 4.69) is 31.8 Å². The Labute approximate surface area is 193 Å². The van der Waals surface area contributed by atoms with Crippen LogP contribution in [-0.2, 0) is 9.59 Å². The molecule has 160 valence electrons. The fourth-order valence-electron chi connectivity index (χ4n) is 3.08. The molecule has 3 rings (SSSR count). The van der Waals surface area contributed by atoms with E-state index in [1.165, 1.54) is 6.21 Å². The van der Waals surface area contributed by atoms with Gasteiger partial charge in [0.25, 0.3) is 0 Å². The van der Waals surface area contributed by atoms with Crippen molar-refractivity contribution < 1.29 is 14.3 Å². The zero-order valence-corrected chi connectivity index (χ0v) is 19.4. The third-order valence-corrected chi connectivity index (χ3v) is 5.31. The minimum atomic E-state index is -0.869. The number of ether oxygens (including phenoxy) is 1. The zero-order valence-electron chi connectivity index (χ0n) is 17.1. The number of anilines is 1. The number of hydrogen-bond acceptors (Lipinski definition) is 4. The van der Waals surface area contributed by atoms with Gasteiger partial charge < -0.3 is 14.6 Å². The fourth-order valence-corrected chi connectivity index (χ4v) is 3.73. The molecule has 0 saturated heterocycles. The maximum Gasteiger partial charge on any atom is 0.329 e. The molecule has 31 heavy (non-hydrogen) atoms. The Morgan fingerprint density at radius 3 is 2.58 bits per heavy atom. The summed E-state index contributed by atoms with van der Waals surface area (Å²) < 4.78 is 8.00. The smallest absolute Gasteiger partial charge is 0.329 e. The summed E-state index contributed by atoms with van der Waals surface area (Å²) >= 11 is 9.56. The third kappa shape index (κ3) is 5.34. The standard InChI is InChI=1S/C22H20BrClN4O3/c1-13-9-15(14(2)28(13)18-7-8-20(31-3)19(24)11-18)12-25-27-22(30)21(29)26-17-6-4-5-16(23)10-17/h4-12H,1-3H3,(H,26,29)(H,27,30)/b25-12-. The van der Waals surface area contributed by atoms with E-state index in [1.807, 2.05) is 42.7 Å². The lowest BCUT2D eigenvalue weighted by atomic mass is 10.2. The van der Waals surface area contributed by atoms with E-state index in [1.54, 1.807) is 31.4 Å². The lowest BCUT2D eigenvalue weighted by molar-refractivity contribution is -0.136. The number of benzene rings is 2. The first-order chi connectivity index (χ1) is 14.8. The number of carbonyl (C=O) groups is 2. The second kappa shape index (κ2) is 9.80. The van der Waals surface area contributed by atoms with Crippen LogP contribution in [0.2, 0.25) is 5.02 Å². The Morgan fingerprint density at radius 1 is 1.13 bits per heavy atom. The topological polar surface area (TPSA) is 84.7 Å². The van der Waals surface area contributed by atoms with Crippen molar-refractivity contribution in [2.45, 2.75) is 13.8 Å². The Kier molecular flexibility index (Phi) is 7.14. The Balaban J connectivity index is 1.70. The fraction of sp³-hybridized carbons (Fsp3) is 0.136. The number of amides is 2. The number of nitrogens with zero attached hydrogens (tertiary/aromatic N) is 2. The second-order valence-electron chi connectivity index (χ2n) is 6.64. The molecule has 0 fully saturated rings. The van der Waals surface area contributed by atoms with Gasteiger partial charge in [-0.15, -0.1) is 0 Å². The quantitative estimate of drug-likeness (QED) is 0.303. The first-order valence-electron chi connectivity index (χ1n) is 9.23. The molecule has 1 heterocycles. The molecule has 3 aromatic rings. The number of hydrogen-bond donors (Lipinski definition) is 2. The average molecular weight is 504 g/mol. The molecule has 1 aromatic heterocycles. The molecule has 0 radical (unpaired) electrons. The van der Waals surface area contributed by atoms with Crippen molar-refractivity contribution in [3.63, 3.8) is 0 Å². The molecule has 9 heteroatoms. The van der Waals surface area contributed by atoms with Gasteiger partial charge in [-0.25, -0.2) is 5.43 Å². The average Bonchev–Trinajstić information content (AvgIpc) is 3.01. The van der Waals surface area contributed by atoms with Crippen molar-refractivity contribution in [2.24, 2.45) is 5.10 Å². The summed E-state index contributed by atoms with van der Waals surface area (Å²) in [6.07, 6.45) is 1.49. The first-order valence-corrected chi connectivity index (χ1v) is 10.4. The van der Waals surface area contributed by atoms with Crippen molar-refractivity contribution in [3.8, 4) is 11.4 Å². The summed E-state index contributed by atoms with van der Waals surface area (Å²) in [5, 5.41) is 6.94. The predicted molar refractivity (Wildman–Crippen MR) is 125 cm³/mol. The highest BCUT2D eigenvalue weighted by atomic mass is 79.9. The van der Waals surface area contributed by atoms with Crippen LogP contribution in [0.3, 0.4) is 0 Å². The van der Waals surface area contributed by atoms with Crippen molar-refractivity contribution in [2.75, 3.05) is 12.4 Å². The number of methoxy groups -OCH3 is 1. The summed E-state index contributed by atoms with van der Waals surface area (Å²) in [6.45, 7) is 3.88. The summed E-state index contributed by atoms with van der Waals surface area (Å²) in [5.41, 5.74) is 6.26. The van der Waals surface area contributed by atoms with Gasteiger partial charge in [0.15, 0.2) is 0 Å². The molecule has 0 aliphatic carbocycles. The van der Waals surface area contributed by atoms with Crippen LogP contribution in [0.4, 0.5) is 5.69 Å². The number of nitrogens with one attached hydrogen (secondary N) is 2. The number of hydrazone groups is 1. The minimum absolute atomic E-state index is 0.500. The number of aryl methyl sites for hydroxylation is 1. The van der Waals surface area contributed by atoms with E-state index >= 15 is 0 Å².